The van der Waals surface area contributed by atoms with Crippen molar-refractivity contribution in [2.45, 2.75) is 26.2 Å². The lowest BCUT2D eigenvalue weighted by molar-refractivity contribution is -0.483. The van der Waals surface area contributed by atoms with E-state index in [-0.39, 0.29) is 5.41 Å². The smallest absolute Gasteiger partial charge is 0.269 e. The second kappa shape index (κ2) is 18.5. The van der Waals surface area contributed by atoms with Gasteiger partial charge in [-0.1, -0.05) is 203 Å². The van der Waals surface area contributed by atoms with Gasteiger partial charge in [-0.05, 0) is 138 Å². The van der Waals surface area contributed by atoms with Crippen molar-refractivity contribution in [3.8, 4) is 5.82 Å². The Morgan fingerprint density at radius 1 is 0.360 bits per heavy atom. The molecule has 10 bridgehead atoms. The van der Waals surface area contributed by atoms with Crippen LogP contribution in [0.4, 0.5) is 0 Å². The fourth-order valence-electron chi connectivity index (χ4n) is 14.9. The fourth-order valence-corrected chi connectivity index (χ4v) is 14.9. The van der Waals surface area contributed by atoms with E-state index in [0.29, 0.717) is 11.2 Å². The number of hydrogen-bond acceptors (Lipinski definition) is 2. The zero-order valence-corrected chi connectivity index (χ0v) is 49.1. The third kappa shape index (κ3) is 7.21. The molecule has 0 aliphatic rings. The van der Waals surface area contributed by atoms with Crippen LogP contribution in [-0.2, 0) is 5.41 Å². The Hall–Kier alpha value is -11.5. The number of imidazole rings is 1. The molecule has 0 atom stereocenters. The van der Waals surface area contributed by atoms with Crippen molar-refractivity contribution in [3.63, 3.8) is 0 Å². The first-order chi connectivity index (χ1) is 43.8. The summed E-state index contributed by atoms with van der Waals surface area (Å²) in [4.78, 5) is 5.12. The molecule has 0 fully saturated rings. The summed E-state index contributed by atoms with van der Waals surface area (Å²) in [6, 6.07) is 98.2. The van der Waals surface area contributed by atoms with Crippen LogP contribution in [0.5, 0.6) is 0 Å². The van der Waals surface area contributed by atoms with E-state index in [0.717, 1.165) is 137 Å². The van der Waals surface area contributed by atoms with Gasteiger partial charge in [0, 0.05) is 55.5 Å². The van der Waals surface area contributed by atoms with Gasteiger partial charge < -0.3 is 13.2 Å². The van der Waals surface area contributed by atoms with Gasteiger partial charge in [0.05, 0.1) is 60.7 Å². The maximum Gasteiger partial charge on any atom is 0.269 e. The summed E-state index contributed by atoms with van der Waals surface area (Å²) in [6.07, 6.45) is 6.02. The molecule has 89 heavy (non-hydrogen) atoms. The maximum atomic E-state index is 7.68. The maximum absolute atomic E-state index is 7.68. The van der Waals surface area contributed by atoms with E-state index in [1.165, 1.54) is 27.1 Å². The zero-order valence-electron chi connectivity index (χ0n) is 49.1. The van der Waals surface area contributed by atoms with Gasteiger partial charge in [-0.3, -0.25) is 13.4 Å². The van der Waals surface area contributed by atoms with Crippen LogP contribution >= 0.6 is 0 Å². The van der Waals surface area contributed by atoms with Crippen LogP contribution < -0.4 is 4.40 Å². The molecule has 0 unspecified atom stereocenters. The van der Waals surface area contributed by atoms with E-state index >= 15 is 0 Å². The van der Waals surface area contributed by atoms with Crippen LogP contribution in [0.15, 0.2) is 278 Å². The molecule has 0 saturated heterocycles. The van der Waals surface area contributed by atoms with Gasteiger partial charge in [-0.2, -0.15) is 0 Å². The van der Waals surface area contributed by atoms with E-state index in [2.05, 4.69) is 316 Å². The predicted molar refractivity (Wildman–Crippen MR) is 371 cm³/mol. The van der Waals surface area contributed by atoms with Crippen molar-refractivity contribution in [2.24, 2.45) is 0 Å². The van der Waals surface area contributed by atoms with Crippen LogP contribution in [0.2, 0.25) is 0 Å². The molecule has 0 spiro atoms. The van der Waals surface area contributed by atoms with Crippen molar-refractivity contribution in [2.75, 3.05) is 0 Å². The fraction of sp³-hybridized carbons (Fsp3) is 0.0488. The third-order valence-electron chi connectivity index (χ3n) is 18.9. The van der Waals surface area contributed by atoms with E-state index in [9.17, 15) is 0 Å². The summed E-state index contributed by atoms with van der Waals surface area (Å²) in [5.74, 6) is 0.852. The molecule has 0 aliphatic heterocycles. The molecule has 0 saturated carbocycles. The largest absolute Gasteiger partial charge is 0.456 e. The molecule has 12 aromatic carbocycles. The van der Waals surface area contributed by atoms with Gasteiger partial charge >= 0.3 is 0 Å². The minimum absolute atomic E-state index is 0.0971. The Bertz CT molecular complexity index is 6540. The number of fused-ring (bicyclic) bond motifs is 12. The molecular weight excluding hydrogens is 1080 g/mol. The van der Waals surface area contributed by atoms with Crippen LogP contribution in [0.1, 0.15) is 26.3 Å². The van der Waals surface area contributed by atoms with Crippen LogP contribution in [0.3, 0.4) is 0 Å². The SMILES string of the molecule is CC(C)(C)c1ccnc(-n2c3ccccc3c3cc4c(cc32)oc2cccc(c2)n2[c-][n+]3c5c(cccc5c5ccccc5c5ccccc5c5cccc2c53)c2cccc(c2)n2c3ccccc3c3cc(ccc32)c2cccc3c5ccccc5n4c23)c1. The number of pyridine rings is 1. The summed E-state index contributed by atoms with van der Waals surface area (Å²) < 4.78 is 19.5. The molecule has 7 heteroatoms. The highest BCUT2D eigenvalue weighted by Gasteiger charge is 2.22. The van der Waals surface area contributed by atoms with Gasteiger partial charge in [0.15, 0.2) is 5.58 Å². The average molecular weight is 1140 g/mol. The normalized spacial score (nSPS) is 12.4. The standard InChI is InChI=1S/C82H54N6O/c1-82(2,3)52-41-42-83-78(45-52)87-71-36-12-10-29-64(71)69-47-76-77(48-75(69)87)89-55-22-15-20-53(46-55)84-49-85-79-56(30-16-32-65(79)60-25-6-4-23-58(60)59-24-5-7-26-61(59)66-34-18-38-74(84)81(66)85)50-19-14-21-54(43-50)86-70-35-11-9-28-63(70)68-44-51(39-40-73(68)86)57-31-17-33-67-62-27-8-13-37-72(62)88(76)80(57)67/h4-48H,1-3H3. The number of para-hydroxylation sites is 6. The number of benzene rings is 12. The summed E-state index contributed by atoms with van der Waals surface area (Å²) in [5, 5.41) is 18.2. The lowest BCUT2D eigenvalue weighted by Crippen LogP contribution is -2.19. The first-order valence-electron chi connectivity index (χ1n) is 30.6. The van der Waals surface area contributed by atoms with Crippen molar-refractivity contribution in [1.29, 1.82) is 0 Å². The summed E-state index contributed by atoms with van der Waals surface area (Å²) in [5.41, 5.74) is 15.0. The van der Waals surface area contributed by atoms with Gasteiger partial charge in [-0.15, -0.1) is 0 Å². The lowest BCUT2D eigenvalue weighted by atomic mass is 9.88. The van der Waals surface area contributed by atoms with Gasteiger partial charge in [-0.25, -0.2) is 4.98 Å². The Balaban J connectivity index is 1.09. The molecule has 20 aromatic rings. The average Bonchev–Trinajstić information content (AvgIpc) is 1.86. The second-order valence-corrected chi connectivity index (χ2v) is 24.9. The Kier molecular flexibility index (Phi) is 10.3. The van der Waals surface area contributed by atoms with E-state index < -0.39 is 0 Å². The quantitative estimate of drug-likeness (QED) is 0.121. The number of rotatable bonds is 1. The first-order valence-corrected chi connectivity index (χ1v) is 30.6. The van der Waals surface area contributed by atoms with Crippen molar-refractivity contribution in [3.05, 3.63) is 285 Å². The zero-order chi connectivity index (χ0) is 58.8. The Labute approximate surface area is 509 Å². The highest BCUT2D eigenvalue weighted by atomic mass is 16.3. The van der Waals surface area contributed by atoms with E-state index in [1.54, 1.807) is 0 Å². The molecule has 7 nitrogen and oxygen atoms in total. The van der Waals surface area contributed by atoms with Crippen LogP contribution in [0.25, 0.3) is 169 Å². The van der Waals surface area contributed by atoms with E-state index in [4.69, 9.17) is 9.40 Å². The second-order valence-electron chi connectivity index (χ2n) is 24.9. The Morgan fingerprint density at radius 3 is 1.65 bits per heavy atom. The molecule has 0 N–H and O–H groups in total. The van der Waals surface area contributed by atoms with Gasteiger partial charge in [0.1, 0.15) is 11.4 Å². The summed E-state index contributed by atoms with van der Waals surface area (Å²) >= 11 is 0. The molecule has 0 aliphatic carbocycles. The van der Waals surface area contributed by atoms with Gasteiger partial charge in [0.2, 0.25) is 0 Å². The minimum Gasteiger partial charge on any atom is -0.456 e. The van der Waals surface area contributed by atoms with Crippen LogP contribution in [0, 0.1) is 6.33 Å². The molecule has 8 heterocycles. The number of aromatic nitrogens is 6. The van der Waals surface area contributed by atoms with Crippen molar-refractivity contribution < 1.29 is 8.82 Å². The molecule has 0 radical (unpaired) electrons. The topological polar surface area (TPSA) is 48.3 Å². The highest BCUT2D eigenvalue weighted by Crippen LogP contribution is 2.42. The van der Waals surface area contributed by atoms with Crippen molar-refractivity contribution >= 4 is 164 Å². The van der Waals surface area contributed by atoms with E-state index in [1.807, 2.05) is 6.20 Å². The summed E-state index contributed by atoms with van der Waals surface area (Å²) in [7, 11) is 0. The third-order valence-corrected chi connectivity index (χ3v) is 18.9. The monoisotopic (exact) mass is 1140 g/mol. The summed E-state index contributed by atoms with van der Waals surface area (Å²) in [6.45, 7) is 6.78. The predicted octanol–water partition coefficient (Wildman–Crippen LogP) is 20.9. The molecule has 8 aromatic heterocycles. The Morgan fingerprint density at radius 2 is 0.899 bits per heavy atom. The lowest BCUT2D eigenvalue weighted by Gasteiger charge is -2.20. The van der Waals surface area contributed by atoms with Crippen molar-refractivity contribution in [1.82, 2.24) is 22.8 Å². The molecule has 0 amide bonds. The molecule has 20 rings (SSSR count). The molecule has 418 valence electrons. The van der Waals surface area contributed by atoms with Gasteiger partial charge in [0.25, 0.3) is 6.33 Å². The minimum atomic E-state index is -0.0971. The van der Waals surface area contributed by atoms with Crippen LogP contribution in [-0.4, -0.2) is 22.8 Å². The molecular formula is C82H54N6O. The first kappa shape index (κ1) is 49.7. The number of hydrogen-bond donors (Lipinski definition) is 0. The number of nitrogens with zero attached hydrogens (tertiary/aromatic N) is 6. The highest BCUT2D eigenvalue weighted by molar-refractivity contribution is 6.23.